The van der Waals surface area contributed by atoms with Crippen molar-refractivity contribution in [3.8, 4) is 0 Å². The van der Waals surface area contributed by atoms with E-state index in [1.165, 1.54) is 18.6 Å². The van der Waals surface area contributed by atoms with Crippen molar-refractivity contribution in [1.29, 1.82) is 0 Å². The van der Waals surface area contributed by atoms with Gasteiger partial charge in [-0.2, -0.15) is 4.37 Å². The summed E-state index contributed by atoms with van der Waals surface area (Å²) in [4.78, 5) is 14.7. The molecule has 0 saturated heterocycles. The molecule has 0 aliphatic rings. The van der Waals surface area contributed by atoms with Crippen molar-refractivity contribution < 1.29 is 9.53 Å². The largest absolute Gasteiger partial charge is 0.468 e. The number of carbonyl (C=O) groups is 1. The fraction of sp³-hybridized carbons (Fsp3) is 0.500. The van der Waals surface area contributed by atoms with Crippen LogP contribution in [-0.2, 0) is 9.53 Å². The molecule has 66 valence electrons. The summed E-state index contributed by atoms with van der Waals surface area (Å²) in [7, 11) is 1.34. The van der Waals surface area contributed by atoms with Gasteiger partial charge in [-0.1, -0.05) is 0 Å². The molecular formula is C6H9N3O2S. The maximum Gasteiger partial charge on any atom is 0.325 e. The van der Waals surface area contributed by atoms with E-state index in [-0.39, 0.29) is 12.5 Å². The zero-order chi connectivity index (χ0) is 8.97. The van der Waals surface area contributed by atoms with Crippen LogP contribution in [0.2, 0.25) is 0 Å². The Morgan fingerprint density at radius 1 is 1.75 bits per heavy atom. The molecule has 0 aliphatic carbocycles. The number of carbonyl (C=O) groups excluding carboxylic acids is 1. The summed E-state index contributed by atoms with van der Waals surface area (Å²) in [5, 5.41) is 3.42. The standard InChI is InChI=1S/C6H9N3O2S/c1-4-8-6(12-9-4)7-3-5(10)11-2/h3H2,1-2H3,(H,7,8,9). The Bertz CT molecular complexity index is 274. The Balaban J connectivity index is 2.38. The van der Waals surface area contributed by atoms with Crippen molar-refractivity contribution in [1.82, 2.24) is 9.36 Å². The average Bonchev–Trinajstić information content (AvgIpc) is 2.47. The molecule has 6 heteroatoms. The molecule has 0 unspecified atom stereocenters. The molecule has 0 aliphatic heterocycles. The lowest BCUT2D eigenvalue weighted by Gasteiger charge is -1.98. The van der Waals surface area contributed by atoms with Gasteiger partial charge in [-0.05, 0) is 6.92 Å². The van der Waals surface area contributed by atoms with E-state index in [1.807, 2.05) is 0 Å². The van der Waals surface area contributed by atoms with Crippen molar-refractivity contribution in [2.24, 2.45) is 0 Å². The second-order valence-corrected chi connectivity index (χ2v) is 2.83. The van der Waals surface area contributed by atoms with E-state index in [4.69, 9.17) is 0 Å². The number of anilines is 1. The average molecular weight is 187 g/mol. The van der Waals surface area contributed by atoms with Crippen molar-refractivity contribution in [3.63, 3.8) is 0 Å². The van der Waals surface area contributed by atoms with Crippen LogP contribution in [0.4, 0.5) is 5.13 Å². The lowest BCUT2D eigenvalue weighted by atomic mass is 10.6. The Kier molecular flexibility index (Phi) is 2.98. The van der Waals surface area contributed by atoms with Crippen LogP contribution in [0.25, 0.3) is 0 Å². The van der Waals surface area contributed by atoms with E-state index in [9.17, 15) is 4.79 Å². The predicted molar refractivity (Wildman–Crippen MR) is 45.2 cm³/mol. The van der Waals surface area contributed by atoms with E-state index in [1.54, 1.807) is 6.92 Å². The highest BCUT2D eigenvalue weighted by atomic mass is 32.1. The zero-order valence-corrected chi connectivity index (χ0v) is 7.64. The van der Waals surface area contributed by atoms with Crippen molar-refractivity contribution in [2.45, 2.75) is 6.92 Å². The van der Waals surface area contributed by atoms with Crippen LogP contribution in [0.1, 0.15) is 5.82 Å². The van der Waals surface area contributed by atoms with Crippen LogP contribution < -0.4 is 5.32 Å². The number of esters is 1. The molecule has 0 amide bonds. The normalized spacial score (nSPS) is 9.50. The van der Waals surface area contributed by atoms with Crippen LogP contribution in [0.5, 0.6) is 0 Å². The third kappa shape index (κ3) is 2.46. The number of methoxy groups -OCH3 is 1. The van der Waals surface area contributed by atoms with Crippen LogP contribution in [0.3, 0.4) is 0 Å². The molecule has 1 aromatic rings. The minimum absolute atomic E-state index is 0.130. The fourth-order valence-electron chi connectivity index (χ4n) is 0.589. The molecule has 5 nitrogen and oxygen atoms in total. The topological polar surface area (TPSA) is 64.1 Å². The van der Waals surface area contributed by atoms with E-state index >= 15 is 0 Å². The molecule has 0 bridgehead atoms. The molecule has 1 rings (SSSR count). The number of hydrogen-bond acceptors (Lipinski definition) is 6. The van der Waals surface area contributed by atoms with Gasteiger partial charge in [0.05, 0.1) is 7.11 Å². The van der Waals surface area contributed by atoms with Crippen molar-refractivity contribution >= 4 is 22.6 Å². The fourth-order valence-corrected chi connectivity index (χ4v) is 1.16. The van der Waals surface area contributed by atoms with Gasteiger partial charge >= 0.3 is 5.97 Å². The molecule has 12 heavy (non-hydrogen) atoms. The minimum Gasteiger partial charge on any atom is -0.468 e. The highest BCUT2D eigenvalue weighted by Crippen LogP contribution is 2.08. The van der Waals surface area contributed by atoms with Gasteiger partial charge in [0.25, 0.3) is 0 Å². The van der Waals surface area contributed by atoms with E-state index in [0.717, 1.165) is 0 Å². The third-order valence-corrected chi connectivity index (χ3v) is 1.90. The highest BCUT2D eigenvalue weighted by molar-refractivity contribution is 7.09. The number of rotatable bonds is 3. The van der Waals surface area contributed by atoms with Gasteiger partial charge in [-0.25, -0.2) is 4.98 Å². The van der Waals surface area contributed by atoms with E-state index < -0.39 is 0 Å². The Morgan fingerprint density at radius 3 is 3.00 bits per heavy atom. The number of aryl methyl sites for hydroxylation is 1. The molecule has 0 saturated carbocycles. The van der Waals surface area contributed by atoms with Crippen molar-refractivity contribution in [3.05, 3.63) is 5.82 Å². The van der Waals surface area contributed by atoms with Gasteiger partial charge in [0.1, 0.15) is 12.4 Å². The van der Waals surface area contributed by atoms with Crippen LogP contribution >= 0.6 is 11.5 Å². The molecule has 0 atom stereocenters. The molecule has 0 radical (unpaired) electrons. The van der Waals surface area contributed by atoms with Crippen molar-refractivity contribution in [2.75, 3.05) is 19.0 Å². The molecule has 0 aromatic carbocycles. The monoisotopic (exact) mass is 187 g/mol. The molecule has 1 N–H and O–H groups in total. The summed E-state index contributed by atoms with van der Waals surface area (Å²) < 4.78 is 8.37. The summed E-state index contributed by atoms with van der Waals surface area (Å²) in [6.07, 6.45) is 0. The summed E-state index contributed by atoms with van der Waals surface area (Å²) in [5.74, 6) is 0.384. The van der Waals surface area contributed by atoms with Crippen LogP contribution in [0, 0.1) is 6.92 Å². The first-order chi connectivity index (χ1) is 5.72. The van der Waals surface area contributed by atoms with Gasteiger partial charge in [0, 0.05) is 11.5 Å². The first-order valence-electron chi connectivity index (χ1n) is 3.33. The quantitative estimate of drug-likeness (QED) is 0.695. The molecule has 1 aromatic heterocycles. The summed E-state index contributed by atoms with van der Waals surface area (Å²) in [5.41, 5.74) is 0. The lowest BCUT2D eigenvalue weighted by molar-refractivity contribution is -0.138. The maximum atomic E-state index is 10.7. The number of aromatic nitrogens is 2. The van der Waals surface area contributed by atoms with Gasteiger partial charge < -0.3 is 10.1 Å². The second-order valence-electron chi connectivity index (χ2n) is 2.08. The van der Waals surface area contributed by atoms with E-state index in [2.05, 4.69) is 19.4 Å². The lowest BCUT2D eigenvalue weighted by Crippen LogP contribution is -2.14. The SMILES string of the molecule is COC(=O)CNc1nc(C)ns1. The Hall–Kier alpha value is -1.17. The smallest absolute Gasteiger partial charge is 0.325 e. The minimum atomic E-state index is -0.317. The summed E-state index contributed by atoms with van der Waals surface area (Å²) >= 11 is 1.22. The molecular weight excluding hydrogens is 178 g/mol. The number of nitrogens with zero attached hydrogens (tertiary/aromatic N) is 2. The summed E-state index contributed by atoms with van der Waals surface area (Å²) in [6, 6.07) is 0. The summed E-state index contributed by atoms with van der Waals surface area (Å²) in [6.45, 7) is 1.92. The number of ether oxygens (including phenoxy) is 1. The second kappa shape index (κ2) is 4.01. The highest BCUT2D eigenvalue weighted by Gasteiger charge is 2.02. The van der Waals surface area contributed by atoms with Gasteiger partial charge in [-0.3, -0.25) is 4.79 Å². The van der Waals surface area contributed by atoms with Gasteiger partial charge in [0.15, 0.2) is 0 Å². The third-order valence-electron chi connectivity index (χ3n) is 1.14. The molecule has 0 fully saturated rings. The predicted octanol–water partition coefficient (Wildman–Crippen LogP) is 0.431. The van der Waals surface area contributed by atoms with Crippen LogP contribution in [0.15, 0.2) is 0 Å². The zero-order valence-electron chi connectivity index (χ0n) is 6.83. The van der Waals surface area contributed by atoms with Crippen LogP contribution in [-0.4, -0.2) is 29.0 Å². The van der Waals surface area contributed by atoms with E-state index in [0.29, 0.717) is 11.0 Å². The first-order valence-corrected chi connectivity index (χ1v) is 4.10. The first kappa shape index (κ1) is 8.92. The number of hydrogen-bond donors (Lipinski definition) is 1. The molecule has 0 spiro atoms. The Labute approximate surface area is 73.9 Å². The Morgan fingerprint density at radius 2 is 2.50 bits per heavy atom. The molecule has 1 heterocycles. The van der Waals surface area contributed by atoms with Gasteiger partial charge in [0.2, 0.25) is 5.13 Å². The number of nitrogens with one attached hydrogen (secondary N) is 1. The van der Waals surface area contributed by atoms with Gasteiger partial charge in [-0.15, -0.1) is 0 Å². The maximum absolute atomic E-state index is 10.7.